The van der Waals surface area contributed by atoms with E-state index in [1.807, 2.05) is 18.2 Å². The van der Waals surface area contributed by atoms with E-state index in [4.69, 9.17) is 5.73 Å². The molecule has 0 unspecified atom stereocenters. The van der Waals surface area contributed by atoms with Crippen molar-refractivity contribution in [2.75, 3.05) is 12.3 Å². The summed E-state index contributed by atoms with van der Waals surface area (Å²) in [6.07, 6.45) is 2.45. The van der Waals surface area contributed by atoms with Crippen molar-refractivity contribution >= 4 is 27.5 Å². The first kappa shape index (κ1) is 13.5. The maximum atomic E-state index is 11.9. The van der Waals surface area contributed by atoms with E-state index in [-0.39, 0.29) is 5.91 Å². The summed E-state index contributed by atoms with van der Waals surface area (Å²) in [5.74, 6) is -0.130. The van der Waals surface area contributed by atoms with Crippen molar-refractivity contribution in [3.05, 3.63) is 58.3 Å². The van der Waals surface area contributed by atoms with Crippen molar-refractivity contribution in [3.8, 4) is 0 Å². The number of carbonyl (C=O) groups is 1. The number of nitrogens with zero attached hydrogens (tertiary/aromatic N) is 1. The van der Waals surface area contributed by atoms with E-state index in [1.165, 1.54) is 0 Å². The Morgan fingerprint density at radius 3 is 2.84 bits per heavy atom. The summed E-state index contributed by atoms with van der Waals surface area (Å²) in [6.45, 7) is 0.547. The quantitative estimate of drug-likeness (QED) is 0.850. The molecule has 5 heteroatoms. The van der Waals surface area contributed by atoms with Gasteiger partial charge in [-0.05, 0) is 46.3 Å². The molecule has 0 spiro atoms. The van der Waals surface area contributed by atoms with Crippen LogP contribution >= 0.6 is 15.9 Å². The van der Waals surface area contributed by atoms with Crippen molar-refractivity contribution in [1.29, 1.82) is 0 Å². The van der Waals surface area contributed by atoms with Crippen molar-refractivity contribution in [1.82, 2.24) is 10.3 Å². The summed E-state index contributed by atoms with van der Waals surface area (Å²) >= 11 is 3.30. The molecule has 4 nitrogen and oxygen atoms in total. The number of pyridine rings is 1. The van der Waals surface area contributed by atoms with Gasteiger partial charge in [0.2, 0.25) is 0 Å². The maximum absolute atomic E-state index is 11.9. The number of amides is 1. The van der Waals surface area contributed by atoms with E-state index < -0.39 is 0 Å². The van der Waals surface area contributed by atoms with Crippen LogP contribution in [0.4, 0.5) is 5.69 Å². The molecule has 0 saturated heterocycles. The predicted molar refractivity (Wildman–Crippen MR) is 78.8 cm³/mol. The van der Waals surface area contributed by atoms with Crippen LogP contribution in [0.2, 0.25) is 0 Å². The van der Waals surface area contributed by atoms with Crippen LogP contribution in [-0.2, 0) is 6.42 Å². The number of halogens is 1. The number of anilines is 1. The van der Waals surface area contributed by atoms with Gasteiger partial charge in [-0.3, -0.25) is 9.78 Å². The Bertz CT molecular complexity index is 572. The van der Waals surface area contributed by atoms with Gasteiger partial charge in [0, 0.05) is 40.6 Å². The predicted octanol–water partition coefficient (Wildman–Crippen LogP) is 2.40. The van der Waals surface area contributed by atoms with E-state index in [0.29, 0.717) is 24.2 Å². The third kappa shape index (κ3) is 3.79. The number of nitrogen functional groups attached to an aromatic ring is 1. The lowest BCUT2D eigenvalue weighted by atomic mass is 10.2. The first-order valence-electron chi connectivity index (χ1n) is 5.90. The van der Waals surface area contributed by atoms with Crippen LogP contribution in [0.15, 0.2) is 47.1 Å². The highest BCUT2D eigenvalue weighted by atomic mass is 79.9. The Hall–Kier alpha value is -1.88. The van der Waals surface area contributed by atoms with Crippen LogP contribution in [0.1, 0.15) is 16.1 Å². The van der Waals surface area contributed by atoms with Gasteiger partial charge in [-0.15, -0.1) is 0 Å². The molecule has 1 aromatic heterocycles. The highest BCUT2D eigenvalue weighted by Gasteiger charge is 2.06. The summed E-state index contributed by atoms with van der Waals surface area (Å²) in [5, 5.41) is 2.84. The molecule has 0 bridgehead atoms. The number of benzene rings is 1. The second-order valence-electron chi connectivity index (χ2n) is 4.06. The molecular formula is C14H14BrN3O. The fourth-order valence-electron chi connectivity index (χ4n) is 1.64. The molecule has 0 fully saturated rings. The fraction of sp³-hybridized carbons (Fsp3) is 0.143. The molecule has 0 atom stereocenters. The normalized spacial score (nSPS) is 10.2. The largest absolute Gasteiger partial charge is 0.398 e. The topological polar surface area (TPSA) is 68.0 Å². The number of nitrogens with one attached hydrogen (secondary N) is 1. The van der Waals surface area contributed by atoms with Gasteiger partial charge >= 0.3 is 0 Å². The first-order chi connectivity index (χ1) is 9.16. The molecule has 1 aromatic carbocycles. The van der Waals surface area contributed by atoms with E-state index >= 15 is 0 Å². The third-order valence-electron chi connectivity index (χ3n) is 2.65. The molecule has 19 heavy (non-hydrogen) atoms. The van der Waals surface area contributed by atoms with Crippen molar-refractivity contribution in [3.63, 3.8) is 0 Å². The zero-order valence-electron chi connectivity index (χ0n) is 10.3. The monoisotopic (exact) mass is 319 g/mol. The number of nitrogens with two attached hydrogens (primary N) is 1. The Labute approximate surface area is 120 Å². The van der Waals surface area contributed by atoms with Crippen LogP contribution in [0.5, 0.6) is 0 Å². The average Bonchev–Trinajstić information content (AvgIpc) is 2.43. The molecule has 98 valence electrons. The van der Waals surface area contributed by atoms with Gasteiger partial charge < -0.3 is 11.1 Å². The van der Waals surface area contributed by atoms with Crippen LogP contribution in [0, 0.1) is 0 Å². The van der Waals surface area contributed by atoms with Crippen molar-refractivity contribution < 1.29 is 4.79 Å². The molecule has 0 aliphatic rings. The molecule has 1 heterocycles. The Morgan fingerprint density at radius 2 is 2.16 bits per heavy atom. The summed E-state index contributed by atoms with van der Waals surface area (Å²) in [4.78, 5) is 16.1. The fourth-order valence-corrected chi connectivity index (χ4v) is 1.88. The average molecular weight is 320 g/mol. The second-order valence-corrected chi connectivity index (χ2v) is 4.92. The zero-order chi connectivity index (χ0) is 13.7. The smallest absolute Gasteiger partial charge is 0.251 e. The lowest BCUT2D eigenvalue weighted by Crippen LogP contribution is -2.25. The molecule has 2 rings (SSSR count). The molecule has 3 N–H and O–H groups in total. The summed E-state index contributed by atoms with van der Waals surface area (Å²) < 4.78 is 0.789. The number of hydrogen-bond donors (Lipinski definition) is 2. The van der Waals surface area contributed by atoms with Crippen molar-refractivity contribution in [2.45, 2.75) is 6.42 Å². The minimum absolute atomic E-state index is 0.130. The van der Waals surface area contributed by atoms with Gasteiger partial charge in [0.05, 0.1) is 0 Å². The molecule has 2 aromatic rings. The van der Waals surface area contributed by atoms with Gasteiger partial charge in [-0.2, -0.15) is 0 Å². The molecule has 0 aliphatic carbocycles. The number of carbonyl (C=O) groups excluding carboxylic acids is 1. The van der Waals surface area contributed by atoms with E-state index in [1.54, 1.807) is 24.4 Å². The molecule has 1 amide bonds. The summed E-state index contributed by atoms with van der Waals surface area (Å²) in [7, 11) is 0. The van der Waals surface area contributed by atoms with Gasteiger partial charge in [0.25, 0.3) is 5.91 Å². The van der Waals surface area contributed by atoms with Crippen LogP contribution in [0.25, 0.3) is 0 Å². The zero-order valence-corrected chi connectivity index (χ0v) is 11.9. The van der Waals surface area contributed by atoms with Gasteiger partial charge in [-0.1, -0.05) is 6.07 Å². The Morgan fingerprint density at radius 1 is 1.32 bits per heavy atom. The minimum atomic E-state index is -0.130. The summed E-state index contributed by atoms with van der Waals surface area (Å²) in [6, 6.07) is 10.9. The Kier molecular flexibility index (Phi) is 4.52. The van der Waals surface area contributed by atoms with Gasteiger partial charge in [0.1, 0.15) is 0 Å². The van der Waals surface area contributed by atoms with Crippen LogP contribution in [-0.4, -0.2) is 17.4 Å². The van der Waals surface area contributed by atoms with Crippen molar-refractivity contribution in [2.24, 2.45) is 0 Å². The Balaban J connectivity index is 1.89. The number of rotatable bonds is 4. The lowest BCUT2D eigenvalue weighted by molar-refractivity contribution is 0.0954. The minimum Gasteiger partial charge on any atom is -0.398 e. The standard InChI is InChI=1S/C14H14BrN3O/c15-12-5-4-10(9-13(12)16)14(19)18-8-6-11-3-1-2-7-17-11/h1-5,7,9H,6,8,16H2,(H,18,19). The highest BCUT2D eigenvalue weighted by molar-refractivity contribution is 9.10. The first-order valence-corrected chi connectivity index (χ1v) is 6.69. The lowest BCUT2D eigenvalue weighted by Gasteiger charge is -2.06. The number of aromatic nitrogens is 1. The second kappa shape index (κ2) is 6.33. The van der Waals surface area contributed by atoms with E-state index in [2.05, 4.69) is 26.2 Å². The molecular weight excluding hydrogens is 306 g/mol. The van der Waals surface area contributed by atoms with Crippen LogP contribution < -0.4 is 11.1 Å². The maximum Gasteiger partial charge on any atom is 0.251 e. The third-order valence-corrected chi connectivity index (χ3v) is 3.37. The van der Waals surface area contributed by atoms with Crippen LogP contribution in [0.3, 0.4) is 0 Å². The molecule has 0 aliphatic heterocycles. The molecule has 0 saturated carbocycles. The van der Waals surface area contributed by atoms with E-state index in [9.17, 15) is 4.79 Å². The SMILES string of the molecule is Nc1cc(C(=O)NCCc2ccccn2)ccc1Br. The highest BCUT2D eigenvalue weighted by Crippen LogP contribution is 2.20. The molecule has 0 radical (unpaired) electrons. The summed E-state index contributed by atoms with van der Waals surface area (Å²) in [5.41, 5.74) is 7.81. The van der Waals surface area contributed by atoms with Gasteiger partial charge in [0.15, 0.2) is 0 Å². The van der Waals surface area contributed by atoms with E-state index in [0.717, 1.165) is 10.2 Å². The van der Waals surface area contributed by atoms with Gasteiger partial charge in [-0.25, -0.2) is 0 Å². The number of hydrogen-bond acceptors (Lipinski definition) is 3.